The minimum atomic E-state index is -0.341. The molecule has 0 atom stereocenters. The molecule has 0 aromatic heterocycles. The van der Waals surface area contributed by atoms with Gasteiger partial charge in [-0.15, -0.1) is 0 Å². The Bertz CT molecular complexity index is 523. The van der Waals surface area contributed by atoms with E-state index in [2.05, 4.69) is 5.43 Å². The largest absolute Gasteiger partial charge is 0.508 e. The van der Waals surface area contributed by atoms with Crippen molar-refractivity contribution in [2.45, 2.75) is 0 Å². The second kappa shape index (κ2) is 3.59. The third kappa shape index (κ3) is 1.62. The molecule has 0 radical (unpaired) electrons. The molecule has 0 saturated carbocycles. The maximum atomic E-state index is 11.4. The third-order valence-electron chi connectivity index (χ3n) is 2.24. The van der Waals surface area contributed by atoms with Gasteiger partial charge in [-0.05, 0) is 35.0 Å². The Labute approximate surface area is 86.3 Å². The molecular weight excluding hydrogens is 192 g/mol. The first kappa shape index (κ1) is 9.48. The summed E-state index contributed by atoms with van der Waals surface area (Å²) < 4.78 is 0. The molecule has 15 heavy (non-hydrogen) atoms. The fraction of sp³-hybridized carbons (Fsp3) is 0. The zero-order valence-electron chi connectivity index (χ0n) is 7.90. The van der Waals surface area contributed by atoms with Crippen molar-refractivity contribution >= 4 is 16.7 Å². The van der Waals surface area contributed by atoms with Crippen LogP contribution in [0.25, 0.3) is 10.8 Å². The maximum Gasteiger partial charge on any atom is 0.265 e. The average molecular weight is 202 g/mol. The quantitative estimate of drug-likeness (QED) is 0.369. The summed E-state index contributed by atoms with van der Waals surface area (Å²) in [7, 11) is 0. The van der Waals surface area contributed by atoms with Gasteiger partial charge < -0.3 is 5.11 Å². The Balaban J connectivity index is 2.71. The molecule has 0 aliphatic heterocycles. The smallest absolute Gasteiger partial charge is 0.265 e. The summed E-state index contributed by atoms with van der Waals surface area (Å²) in [6, 6.07) is 10.1. The van der Waals surface area contributed by atoms with Crippen LogP contribution >= 0.6 is 0 Å². The van der Waals surface area contributed by atoms with Crippen molar-refractivity contribution in [2.75, 3.05) is 0 Å². The summed E-state index contributed by atoms with van der Waals surface area (Å²) in [5.41, 5.74) is 2.58. The number of hydrogen-bond acceptors (Lipinski definition) is 3. The summed E-state index contributed by atoms with van der Waals surface area (Å²) in [5, 5.41) is 10.9. The van der Waals surface area contributed by atoms with Crippen LogP contribution in [0.4, 0.5) is 0 Å². The van der Waals surface area contributed by atoms with Gasteiger partial charge in [0.25, 0.3) is 5.91 Å². The van der Waals surface area contributed by atoms with Crippen molar-refractivity contribution in [3.8, 4) is 5.75 Å². The maximum absolute atomic E-state index is 11.4. The highest BCUT2D eigenvalue weighted by Crippen LogP contribution is 2.22. The molecule has 0 spiro atoms. The van der Waals surface area contributed by atoms with Crippen LogP contribution in [-0.2, 0) is 0 Å². The molecule has 0 fully saturated rings. The van der Waals surface area contributed by atoms with Crippen molar-refractivity contribution in [3.05, 3.63) is 42.0 Å². The van der Waals surface area contributed by atoms with Crippen molar-refractivity contribution in [1.29, 1.82) is 0 Å². The van der Waals surface area contributed by atoms with Crippen molar-refractivity contribution in [3.63, 3.8) is 0 Å². The third-order valence-corrected chi connectivity index (χ3v) is 2.24. The SMILES string of the molecule is NNC(=O)c1cccc2cc(O)ccc12. The Hall–Kier alpha value is -2.07. The zero-order valence-corrected chi connectivity index (χ0v) is 7.90. The lowest BCUT2D eigenvalue weighted by Crippen LogP contribution is -2.30. The van der Waals surface area contributed by atoms with Crippen molar-refractivity contribution in [1.82, 2.24) is 5.43 Å². The van der Waals surface area contributed by atoms with E-state index in [1.165, 1.54) is 6.07 Å². The number of nitrogen functional groups attached to an aromatic ring is 1. The second-order valence-electron chi connectivity index (χ2n) is 3.18. The number of amides is 1. The van der Waals surface area contributed by atoms with Gasteiger partial charge in [0.1, 0.15) is 5.75 Å². The van der Waals surface area contributed by atoms with Gasteiger partial charge in [-0.3, -0.25) is 10.2 Å². The predicted octanol–water partition coefficient (Wildman–Crippen LogP) is 1.15. The summed E-state index contributed by atoms with van der Waals surface area (Å²) in [5.74, 6) is 4.91. The van der Waals surface area contributed by atoms with Crippen molar-refractivity contribution < 1.29 is 9.90 Å². The highest BCUT2D eigenvalue weighted by atomic mass is 16.3. The van der Waals surface area contributed by atoms with Crippen LogP contribution in [0.5, 0.6) is 5.75 Å². The summed E-state index contributed by atoms with van der Waals surface area (Å²) >= 11 is 0. The van der Waals surface area contributed by atoms with Crippen LogP contribution < -0.4 is 11.3 Å². The van der Waals surface area contributed by atoms with Crippen LogP contribution in [0.1, 0.15) is 10.4 Å². The molecule has 2 aromatic carbocycles. The van der Waals surface area contributed by atoms with E-state index in [0.717, 1.165) is 10.8 Å². The number of carbonyl (C=O) groups excluding carboxylic acids is 1. The lowest BCUT2D eigenvalue weighted by atomic mass is 10.0. The highest BCUT2D eigenvalue weighted by molar-refractivity contribution is 6.07. The molecule has 4 heteroatoms. The molecule has 2 aromatic rings. The molecule has 4 N–H and O–H groups in total. The number of nitrogens with two attached hydrogens (primary N) is 1. The van der Waals surface area contributed by atoms with E-state index in [4.69, 9.17) is 5.84 Å². The lowest BCUT2D eigenvalue weighted by Gasteiger charge is -2.05. The minimum Gasteiger partial charge on any atom is -0.508 e. The normalized spacial score (nSPS) is 10.2. The fourth-order valence-electron chi connectivity index (χ4n) is 1.55. The molecule has 4 nitrogen and oxygen atoms in total. The molecule has 0 unspecified atom stereocenters. The van der Waals surface area contributed by atoms with Gasteiger partial charge in [-0.1, -0.05) is 12.1 Å². The number of benzene rings is 2. The molecule has 2 rings (SSSR count). The van der Waals surface area contributed by atoms with E-state index in [9.17, 15) is 9.90 Å². The topological polar surface area (TPSA) is 75.3 Å². The number of carbonyl (C=O) groups is 1. The molecule has 0 bridgehead atoms. The Morgan fingerprint density at radius 3 is 2.80 bits per heavy atom. The number of aromatic hydroxyl groups is 1. The number of hydrogen-bond donors (Lipinski definition) is 3. The number of phenolic OH excluding ortho intramolecular Hbond substituents is 1. The number of fused-ring (bicyclic) bond motifs is 1. The Kier molecular flexibility index (Phi) is 2.27. The van der Waals surface area contributed by atoms with Gasteiger partial charge in [-0.25, -0.2) is 5.84 Å². The summed E-state index contributed by atoms with van der Waals surface area (Å²) in [6.45, 7) is 0. The Morgan fingerprint density at radius 1 is 1.27 bits per heavy atom. The number of hydrazine groups is 1. The first-order valence-electron chi connectivity index (χ1n) is 4.45. The van der Waals surface area contributed by atoms with E-state index >= 15 is 0 Å². The first-order chi connectivity index (χ1) is 7.22. The number of nitrogens with one attached hydrogen (secondary N) is 1. The van der Waals surface area contributed by atoms with Gasteiger partial charge >= 0.3 is 0 Å². The summed E-state index contributed by atoms with van der Waals surface area (Å²) in [6.07, 6.45) is 0. The summed E-state index contributed by atoms with van der Waals surface area (Å²) in [4.78, 5) is 11.4. The van der Waals surface area contributed by atoms with E-state index in [0.29, 0.717) is 5.56 Å². The molecule has 1 amide bonds. The van der Waals surface area contributed by atoms with Crippen LogP contribution in [0.2, 0.25) is 0 Å². The molecular formula is C11H10N2O2. The number of phenols is 1. The number of rotatable bonds is 1. The van der Waals surface area contributed by atoms with Crippen LogP contribution in [-0.4, -0.2) is 11.0 Å². The first-order valence-corrected chi connectivity index (χ1v) is 4.45. The standard InChI is InChI=1S/C11H10N2O2/c12-13-11(15)10-3-1-2-7-6-8(14)4-5-9(7)10/h1-6,14H,12H2,(H,13,15). The lowest BCUT2D eigenvalue weighted by molar-refractivity contribution is 0.0955. The zero-order chi connectivity index (χ0) is 10.8. The van der Waals surface area contributed by atoms with Gasteiger partial charge in [0.2, 0.25) is 0 Å². The minimum absolute atomic E-state index is 0.174. The molecule has 0 aliphatic rings. The van der Waals surface area contributed by atoms with Crippen molar-refractivity contribution in [2.24, 2.45) is 5.84 Å². The second-order valence-corrected chi connectivity index (χ2v) is 3.18. The van der Waals surface area contributed by atoms with Gasteiger partial charge in [0, 0.05) is 5.56 Å². The van der Waals surface area contributed by atoms with E-state index in [1.807, 2.05) is 6.07 Å². The molecule has 0 saturated heterocycles. The van der Waals surface area contributed by atoms with Gasteiger partial charge in [-0.2, -0.15) is 0 Å². The Morgan fingerprint density at radius 2 is 2.07 bits per heavy atom. The molecule has 0 heterocycles. The van der Waals surface area contributed by atoms with Gasteiger partial charge in [0.05, 0.1) is 0 Å². The van der Waals surface area contributed by atoms with E-state index in [1.54, 1.807) is 24.3 Å². The van der Waals surface area contributed by atoms with Crippen LogP contribution in [0.15, 0.2) is 36.4 Å². The molecule has 0 aliphatic carbocycles. The van der Waals surface area contributed by atoms with E-state index < -0.39 is 0 Å². The van der Waals surface area contributed by atoms with E-state index in [-0.39, 0.29) is 11.7 Å². The monoisotopic (exact) mass is 202 g/mol. The van der Waals surface area contributed by atoms with Crippen LogP contribution in [0.3, 0.4) is 0 Å². The fourth-order valence-corrected chi connectivity index (χ4v) is 1.55. The predicted molar refractivity (Wildman–Crippen MR) is 57.3 cm³/mol. The van der Waals surface area contributed by atoms with Gasteiger partial charge in [0.15, 0.2) is 0 Å². The molecule has 76 valence electrons. The van der Waals surface area contributed by atoms with Crippen LogP contribution in [0, 0.1) is 0 Å². The highest BCUT2D eigenvalue weighted by Gasteiger charge is 2.07. The average Bonchev–Trinajstić information content (AvgIpc) is 2.26.